The van der Waals surface area contributed by atoms with Gasteiger partial charge in [-0.3, -0.25) is 14.9 Å². The number of amides is 1. The maximum absolute atomic E-state index is 12.9. The van der Waals surface area contributed by atoms with Crippen molar-refractivity contribution in [2.75, 3.05) is 31.1 Å². The third kappa shape index (κ3) is 3.69. The maximum atomic E-state index is 12.9. The molecular formula is C20H23N3O3S. The SMILES string of the molecule is C[C@@H]1CCc2sc(C(=O)N3CCN(c4ccc([N+](=O)[O-])cc4)CC3)cc2C1. The Hall–Kier alpha value is -2.41. The molecule has 0 N–H and O–H groups in total. The fourth-order valence-corrected chi connectivity index (χ4v) is 5.10. The zero-order valence-electron chi connectivity index (χ0n) is 15.4. The van der Waals surface area contributed by atoms with Gasteiger partial charge in [-0.25, -0.2) is 0 Å². The number of hydrogen-bond acceptors (Lipinski definition) is 5. The van der Waals surface area contributed by atoms with E-state index in [1.165, 1.54) is 29.0 Å². The molecule has 1 fully saturated rings. The zero-order chi connectivity index (χ0) is 19.0. The highest BCUT2D eigenvalue weighted by Crippen LogP contribution is 2.33. The maximum Gasteiger partial charge on any atom is 0.269 e. The zero-order valence-corrected chi connectivity index (χ0v) is 16.2. The predicted molar refractivity (Wildman–Crippen MR) is 107 cm³/mol. The van der Waals surface area contributed by atoms with E-state index in [9.17, 15) is 14.9 Å². The summed E-state index contributed by atoms with van der Waals surface area (Å²) in [5.41, 5.74) is 2.43. The monoisotopic (exact) mass is 385 g/mol. The number of carbonyl (C=O) groups excluding carboxylic acids is 1. The molecule has 6 nitrogen and oxygen atoms in total. The first kappa shape index (κ1) is 18.0. The van der Waals surface area contributed by atoms with Crippen LogP contribution in [0.25, 0.3) is 0 Å². The Morgan fingerprint density at radius 2 is 1.89 bits per heavy atom. The number of nitrogens with zero attached hydrogens (tertiary/aromatic N) is 3. The van der Waals surface area contributed by atoms with E-state index in [0.29, 0.717) is 19.0 Å². The molecule has 1 saturated heterocycles. The van der Waals surface area contributed by atoms with Crippen molar-refractivity contribution in [1.82, 2.24) is 4.90 Å². The number of benzene rings is 1. The molecule has 1 atom stereocenters. The summed E-state index contributed by atoms with van der Waals surface area (Å²) in [6.45, 7) is 5.11. The molecule has 1 aliphatic carbocycles. The first-order valence-corrected chi connectivity index (χ1v) is 10.2. The molecule has 2 heterocycles. The second kappa shape index (κ2) is 7.31. The van der Waals surface area contributed by atoms with Crippen LogP contribution in [-0.4, -0.2) is 41.9 Å². The van der Waals surface area contributed by atoms with E-state index >= 15 is 0 Å². The van der Waals surface area contributed by atoms with Crippen molar-refractivity contribution < 1.29 is 9.72 Å². The molecule has 0 unspecified atom stereocenters. The topological polar surface area (TPSA) is 66.7 Å². The van der Waals surface area contributed by atoms with Gasteiger partial charge in [-0.15, -0.1) is 11.3 Å². The van der Waals surface area contributed by atoms with E-state index in [0.717, 1.165) is 36.5 Å². The van der Waals surface area contributed by atoms with Gasteiger partial charge < -0.3 is 9.80 Å². The Balaban J connectivity index is 1.39. The number of piperazine rings is 1. The molecule has 1 amide bonds. The van der Waals surface area contributed by atoms with Crippen LogP contribution in [0.15, 0.2) is 30.3 Å². The lowest BCUT2D eigenvalue weighted by Crippen LogP contribution is -2.48. The molecule has 0 bridgehead atoms. The summed E-state index contributed by atoms with van der Waals surface area (Å²) in [6.07, 6.45) is 3.41. The molecule has 0 spiro atoms. The number of hydrogen-bond donors (Lipinski definition) is 0. The fourth-order valence-electron chi connectivity index (χ4n) is 3.92. The van der Waals surface area contributed by atoms with Crippen LogP contribution in [0.2, 0.25) is 0 Å². The molecule has 27 heavy (non-hydrogen) atoms. The first-order valence-electron chi connectivity index (χ1n) is 9.41. The van der Waals surface area contributed by atoms with E-state index in [1.807, 2.05) is 4.90 Å². The van der Waals surface area contributed by atoms with E-state index in [4.69, 9.17) is 0 Å². The Labute approximate surface area is 162 Å². The van der Waals surface area contributed by atoms with Crippen molar-refractivity contribution in [2.24, 2.45) is 5.92 Å². The Morgan fingerprint density at radius 1 is 1.19 bits per heavy atom. The normalized spacial score (nSPS) is 19.7. The van der Waals surface area contributed by atoms with Crippen LogP contribution in [0, 0.1) is 16.0 Å². The van der Waals surface area contributed by atoms with Crippen LogP contribution in [0.1, 0.15) is 33.5 Å². The summed E-state index contributed by atoms with van der Waals surface area (Å²) in [6, 6.07) is 8.74. The van der Waals surface area contributed by atoms with E-state index < -0.39 is 0 Å². The lowest BCUT2D eigenvalue weighted by Gasteiger charge is -2.35. The number of fused-ring (bicyclic) bond motifs is 1. The molecule has 1 aliphatic heterocycles. The summed E-state index contributed by atoms with van der Waals surface area (Å²) in [7, 11) is 0. The lowest BCUT2D eigenvalue weighted by atomic mass is 9.90. The number of aryl methyl sites for hydroxylation is 1. The Kier molecular flexibility index (Phi) is 4.86. The molecule has 1 aromatic carbocycles. The molecule has 1 aromatic heterocycles. The van der Waals surface area contributed by atoms with E-state index in [-0.39, 0.29) is 16.5 Å². The average molecular weight is 385 g/mol. The van der Waals surface area contributed by atoms with Crippen molar-refractivity contribution in [2.45, 2.75) is 26.2 Å². The van der Waals surface area contributed by atoms with Gasteiger partial charge in [-0.2, -0.15) is 0 Å². The van der Waals surface area contributed by atoms with Gasteiger partial charge >= 0.3 is 0 Å². The molecule has 4 rings (SSSR count). The minimum absolute atomic E-state index is 0.101. The fraction of sp³-hybridized carbons (Fsp3) is 0.450. The van der Waals surface area contributed by atoms with E-state index in [2.05, 4.69) is 17.9 Å². The molecule has 0 radical (unpaired) electrons. The minimum Gasteiger partial charge on any atom is -0.368 e. The summed E-state index contributed by atoms with van der Waals surface area (Å²) in [5, 5.41) is 10.8. The van der Waals surface area contributed by atoms with Gasteiger partial charge in [0.1, 0.15) is 0 Å². The van der Waals surface area contributed by atoms with Crippen LogP contribution in [0.5, 0.6) is 0 Å². The number of thiophene rings is 1. The van der Waals surface area contributed by atoms with Crippen molar-refractivity contribution in [1.29, 1.82) is 0 Å². The summed E-state index contributed by atoms with van der Waals surface area (Å²) in [4.78, 5) is 29.7. The second-order valence-electron chi connectivity index (χ2n) is 7.46. The van der Waals surface area contributed by atoms with Gasteiger partial charge in [0, 0.05) is 48.9 Å². The number of rotatable bonds is 3. The average Bonchev–Trinajstić information content (AvgIpc) is 3.11. The Bertz CT molecular complexity index is 854. The number of nitro groups is 1. The summed E-state index contributed by atoms with van der Waals surface area (Å²) < 4.78 is 0. The van der Waals surface area contributed by atoms with Crippen molar-refractivity contribution in [3.05, 3.63) is 55.8 Å². The molecule has 2 aromatic rings. The number of nitro benzene ring substituents is 1. The van der Waals surface area contributed by atoms with Crippen LogP contribution in [-0.2, 0) is 12.8 Å². The third-order valence-corrected chi connectivity index (χ3v) is 6.76. The lowest BCUT2D eigenvalue weighted by molar-refractivity contribution is -0.384. The quantitative estimate of drug-likeness (QED) is 0.596. The molecule has 2 aliphatic rings. The summed E-state index contributed by atoms with van der Waals surface area (Å²) >= 11 is 1.67. The first-order chi connectivity index (χ1) is 13.0. The predicted octanol–water partition coefficient (Wildman–Crippen LogP) is 3.74. The number of carbonyl (C=O) groups is 1. The van der Waals surface area contributed by atoms with Gasteiger partial charge in [0.15, 0.2) is 0 Å². The molecule has 7 heteroatoms. The van der Waals surface area contributed by atoms with Crippen LogP contribution >= 0.6 is 11.3 Å². The van der Waals surface area contributed by atoms with Crippen molar-refractivity contribution in [3.8, 4) is 0 Å². The highest BCUT2D eigenvalue weighted by molar-refractivity contribution is 7.14. The molecule has 0 saturated carbocycles. The van der Waals surface area contributed by atoms with E-state index in [1.54, 1.807) is 23.5 Å². The highest BCUT2D eigenvalue weighted by Gasteiger charge is 2.26. The third-order valence-electron chi connectivity index (χ3n) is 5.53. The number of anilines is 1. The highest BCUT2D eigenvalue weighted by atomic mass is 32.1. The standard InChI is InChI=1S/C20H23N3O3S/c1-14-2-7-18-15(12-14)13-19(27-18)20(24)22-10-8-21(9-11-22)16-3-5-17(6-4-16)23(25)26/h3-6,13-14H,2,7-12H2,1H3/t14-/m1/s1. The van der Waals surface area contributed by atoms with Crippen molar-refractivity contribution in [3.63, 3.8) is 0 Å². The van der Waals surface area contributed by atoms with Crippen molar-refractivity contribution >= 4 is 28.6 Å². The molecular weight excluding hydrogens is 362 g/mol. The van der Waals surface area contributed by atoms with Gasteiger partial charge in [-0.1, -0.05) is 6.92 Å². The van der Waals surface area contributed by atoms with Gasteiger partial charge in [-0.05, 0) is 48.9 Å². The number of non-ortho nitro benzene ring substituents is 1. The smallest absolute Gasteiger partial charge is 0.269 e. The molecule has 142 valence electrons. The summed E-state index contributed by atoms with van der Waals surface area (Å²) in [5.74, 6) is 0.852. The van der Waals surface area contributed by atoms with Crippen LogP contribution < -0.4 is 4.90 Å². The van der Waals surface area contributed by atoms with Gasteiger partial charge in [0.2, 0.25) is 0 Å². The largest absolute Gasteiger partial charge is 0.368 e. The Morgan fingerprint density at radius 3 is 2.56 bits per heavy atom. The second-order valence-corrected chi connectivity index (χ2v) is 8.60. The van der Waals surface area contributed by atoms with Gasteiger partial charge in [0.05, 0.1) is 9.80 Å². The minimum atomic E-state index is -0.387. The van der Waals surface area contributed by atoms with Gasteiger partial charge in [0.25, 0.3) is 11.6 Å². The van der Waals surface area contributed by atoms with Crippen LogP contribution in [0.3, 0.4) is 0 Å². The van der Waals surface area contributed by atoms with Crippen LogP contribution in [0.4, 0.5) is 11.4 Å².